The second-order valence-electron chi connectivity index (χ2n) is 1.16. The normalized spacial score (nSPS) is 6.50. The second kappa shape index (κ2) is 6.23. The molecular formula is C4H12N2O2. The maximum absolute atomic E-state index is 9.51. The minimum Gasteiger partial charge on any atom is -0.530 e. The van der Waals surface area contributed by atoms with Crippen molar-refractivity contribution in [1.82, 2.24) is 4.90 Å². The van der Waals surface area contributed by atoms with Gasteiger partial charge < -0.3 is 20.5 Å². The van der Waals surface area contributed by atoms with Crippen LogP contribution in [0.1, 0.15) is 0 Å². The molecule has 0 saturated carbocycles. The third-order valence-electron chi connectivity index (χ3n) is 0.365. The van der Waals surface area contributed by atoms with Gasteiger partial charge in [-0.25, -0.2) is 0 Å². The summed E-state index contributed by atoms with van der Waals surface area (Å²) in [5, 5.41) is 9.51. The van der Waals surface area contributed by atoms with Crippen molar-refractivity contribution < 1.29 is 15.6 Å². The molecule has 0 bridgehead atoms. The van der Waals surface area contributed by atoms with Gasteiger partial charge in [0.2, 0.25) is 0 Å². The van der Waals surface area contributed by atoms with Crippen LogP contribution in [-0.4, -0.2) is 32.1 Å². The molecule has 0 heterocycles. The van der Waals surface area contributed by atoms with Crippen molar-refractivity contribution in [3.05, 3.63) is 0 Å². The molecule has 0 spiro atoms. The molecule has 0 aromatic heterocycles. The van der Waals surface area contributed by atoms with Gasteiger partial charge in [0.05, 0.1) is 7.05 Å². The van der Waals surface area contributed by atoms with Crippen LogP contribution in [0.5, 0.6) is 0 Å². The Kier molecular flexibility index (Phi) is 7.99. The molecule has 0 aliphatic heterocycles. The lowest BCUT2D eigenvalue weighted by atomic mass is 10.9. The monoisotopic (exact) mass is 120 g/mol. The summed E-state index contributed by atoms with van der Waals surface area (Å²) in [6.07, 6.45) is -1.16. The zero-order valence-electron chi connectivity index (χ0n) is 5.47. The lowest BCUT2D eigenvalue weighted by Gasteiger charge is -2.10. The van der Waals surface area contributed by atoms with Gasteiger partial charge in [-0.05, 0) is 0 Å². The first-order chi connectivity index (χ1) is 3.64. The Bertz CT molecular complexity index is 63.1. The minimum atomic E-state index is -1.16. The van der Waals surface area contributed by atoms with Gasteiger partial charge in [0, 0.05) is 14.1 Å². The SMILES string of the molecule is CN(C)C(=O)[O-].C[NH3+]. The van der Waals surface area contributed by atoms with E-state index in [0.717, 1.165) is 4.90 Å². The summed E-state index contributed by atoms with van der Waals surface area (Å²) in [6.45, 7) is 0. The first-order valence-corrected chi connectivity index (χ1v) is 2.23. The van der Waals surface area contributed by atoms with Gasteiger partial charge in [0.15, 0.2) is 0 Å². The summed E-state index contributed by atoms with van der Waals surface area (Å²) < 4.78 is 0. The van der Waals surface area contributed by atoms with Gasteiger partial charge >= 0.3 is 0 Å². The molecule has 0 radical (unpaired) electrons. The van der Waals surface area contributed by atoms with Gasteiger partial charge in [-0.2, -0.15) is 0 Å². The second-order valence-corrected chi connectivity index (χ2v) is 1.16. The van der Waals surface area contributed by atoms with Gasteiger partial charge in [0.1, 0.15) is 6.09 Å². The standard InChI is InChI=1S/C3H7NO2.CH5N/c1-4(2)3(5)6;1-2/h1-2H3,(H,5,6);2H2,1H3. The Hall–Kier alpha value is -0.770. The first kappa shape index (κ1) is 10.3. The largest absolute Gasteiger partial charge is 0.530 e. The summed E-state index contributed by atoms with van der Waals surface area (Å²) in [7, 11) is 4.57. The molecule has 4 nitrogen and oxygen atoms in total. The predicted octanol–water partition coefficient (Wildman–Crippen LogP) is -2.25. The Morgan fingerprint density at radius 1 is 1.50 bits per heavy atom. The third-order valence-corrected chi connectivity index (χ3v) is 0.365. The average molecular weight is 120 g/mol. The molecule has 0 aliphatic rings. The molecule has 0 rings (SSSR count). The number of carboxylic acid groups (broad SMARTS) is 1. The van der Waals surface area contributed by atoms with Crippen molar-refractivity contribution in [2.75, 3.05) is 21.1 Å². The van der Waals surface area contributed by atoms with E-state index in [-0.39, 0.29) is 0 Å². The van der Waals surface area contributed by atoms with Crippen LogP contribution in [0.2, 0.25) is 0 Å². The van der Waals surface area contributed by atoms with Crippen molar-refractivity contribution in [2.24, 2.45) is 0 Å². The van der Waals surface area contributed by atoms with E-state index < -0.39 is 6.09 Å². The number of hydrogen-bond donors (Lipinski definition) is 1. The maximum atomic E-state index is 9.51. The number of rotatable bonds is 0. The number of nitrogens with zero attached hydrogens (tertiary/aromatic N) is 1. The molecule has 3 N–H and O–H groups in total. The fourth-order valence-electron chi connectivity index (χ4n) is 0. The highest BCUT2D eigenvalue weighted by Crippen LogP contribution is 1.64. The number of amides is 1. The van der Waals surface area contributed by atoms with Crippen LogP contribution in [0.3, 0.4) is 0 Å². The number of hydrogen-bond acceptors (Lipinski definition) is 2. The predicted molar refractivity (Wildman–Crippen MR) is 27.9 cm³/mol. The van der Waals surface area contributed by atoms with Gasteiger partial charge in [0.25, 0.3) is 0 Å². The van der Waals surface area contributed by atoms with Crippen LogP contribution in [0.15, 0.2) is 0 Å². The molecule has 50 valence electrons. The van der Waals surface area contributed by atoms with Crippen LogP contribution < -0.4 is 10.8 Å². The molecule has 0 saturated heterocycles. The van der Waals surface area contributed by atoms with Crippen molar-refractivity contribution in [3.8, 4) is 0 Å². The Morgan fingerprint density at radius 3 is 1.62 bits per heavy atom. The van der Waals surface area contributed by atoms with E-state index in [4.69, 9.17) is 0 Å². The van der Waals surface area contributed by atoms with E-state index in [1.54, 1.807) is 7.05 Å². The van der Waals surface area contributed by atoms with E-state index >= 15 is 0 Å². The molecule has 0 aromatic carbocycles. The molecule has 0 fully saturated rings. The Morgan fingerprint density at radius 2 is 1.62 bits per heavy atom. The van der Waals surface area contributed by atoms with Crippen LogP contribution in [0, 0.1) is 0 Å². The van der Waals surface area contributed by atoms with E-state index in [0.29, 0.717) is 0 Å². The summed E-state index contributed by atoms with van der Waals surface area (Å²) in [6, 6.07) is 0. The smallest absolute Gasteiger partial charge is 0.136 e. The van der Waals surface area contributed by atoms with Crippen LogP contribution in [-0.2, 0) is 0 Å². The van der Waals surface area contributed by atoms with E-state index in [1.807, 2.05) is 0 Å². The maximum Gasteiger partial charge on any atom is 0.136 e. The molecule has 8 heavy (non-hydrogen) atoms. The fourth-order valence-corrected chi connectivity index (χ4v) is 0. The van der Waals surface area contributed by atoms with Crippen molar-refractivity contribution >= 4 is 6.09 Å². The molecule has 0 aromatic rings. The highest BCUT2D eigenvalue weighted by Gasteiger charge is 1.78. The lowest BCUT2D eigenvalue weighted by molar-refractivity contribution is -0.325. The lowest BCUT2D eigenvalue weighted by Crippen LogP contribution is -2.40. The molecule has 0 unspecified atom stereocenters. The third kappa shape index (κ3) is 8.97. The topological polar surface area (TPSA) is 71.0 Å². The summed E-state index contributed by atoms with van der Waals surface area (Å²) >= 11 is 0. The van der Waals surface area contributed by atoms with Crippen molar-refractivity contribution in [3.63, 3.8) is 0 Å². The minimum absolute atomic E-state index is 0.972. The molecule has 1 amide bonds. The zero-order valence-corrected chi connectivity index (χ0v) is 5.47. The van der Waals surface area contributed by atoms with Gasteiger partial charge in [-0.1, -0.05) is 0 Å². The number of carbonyl (C=O) groups excluding carboxylic acids is 1. The molecule has 0 atom stereocenters. The first-order valence-electron chi connectivity index (χ1n) is 2.23. The Labute approximate surface area is 48.9 Å². The molecule has 0 aliphatic carbocycles. The fraction of sp³-hybridized carbons (Fsp3) is 0.750. The zero-order chi connectivity index (χ0) is 7.15. The number of carbonyl (C=O) groups is 1. The Balaban J connectivity index is 0. The van der Waals surface area contributed by atoms with E-state index in [1.165, 1.54) is 14.1 Å². The highest BCUT2D eigenvalue weighted by atomic mass is 16.4. The van der Waals surface area contributed by atoms with Crippen LogP contribution in [0.4, 0.5) is 4.79 Å². The summed E-state index contributed by atoms with van der Waals surface area (Å²) in [5.74, 6) is 0. The van der Waals surface area contributed by atoms with Gasteiger partial charge in [-0.15, -0.1) is 0 Å². The highest BCUT2D eigenvalue weighted by molar-refractivity contribution is 5.61. The summed E-state index contributed by atoms with van der Waals surface area (Å²) in [5.41, 5.74) is 3.25. The molecular weight excluding hydrogens is 108 g/mol. The summed E-state index contributed by atoms with van der Waals surface area (Å²) in [4.78, 5) is 10.5. The van der Waals surface area contributed by atoms with Crippen LogP contribution >= 0.6 is 0 Å². The quantitative estimate of drug-likeness (QED) is 0.392. The number of quaternary nitrogens is 1. The van der Waals surface area contributed by atoms with E-state index in [9.17, 15) is 9.90 Å². The van der Waals surface area contributed by atoms with Gasteiger partial charge in [-0.3, -0.25) is 0 Å². The molecule has 4 heteroatoms. The van der Waals surface area contributed by atoms with Crippen LogP contribution in [0.25, 0.3) is 0 Å². The van der Waals surface area contributed by atoms with E-state index in [2.05, 4.69) is 5.73 Å². The average Bonchev–Trinajstić information content (AvgIpc) is 1.72. The van der Waals surface area contributed by atoms with Crippen molar-refractivity contribution in [1.29, 1.82) is 0 Å². The van der Waals surface area contributed by atoms with Crippen molar-refractivity contribution in [2.45, 2.75) is 0 Å².